The quantitative estimate of drug-likeness (QED) is 0.515. The van der Waals surface area contributed by atoms with Gasteiger partial charge in [0.2, 0.25) is 0 Å². The second-order valence-electron chi connectivity index (χ2n) is 12.3. The summed E-state index contributed by atoms with van der Waals surface area (Å²) in [5.41, 5.74) is 1.09. The molecule has 4 aliphatic rings. The van der Waals surface area contributed by atoms with E-state index in [1.807, 2.05) is 0 Å². The Morgan fingerprint density at radius 2 is 1.76 bits per heavy atom. The lowest BCUT2D eigenvalue weighted by atomic mass is 9.44. The van der Waals surface area contributed by atoms with Gasteiger partial charge in [-0.15, -0.1) is 0 Å². The molecule has 0 aliphatic heterocycles. The summed E-state index contributed by atoms with van der Waals surface area (Å²) in [4.78, 5) is 0. The minimum Gasteiger partial charge on any atom is -0.393 e. The molecular formula is C27H46O2. The topological polar surface area (TPSA) is 40.5 Å². The molecule has 3 saturated carbocycles. The molecule has 2 N–H and O–H groups in total. The van der Waals surface area contributed by atoms with Gasteiger partial charge in [0.05, 0.1) is 11.7 Å². The summed E-state index contributed by atoms with van der Waals surface area (Å²) < 4.78 is 0. The molecule has 166 valence electrons. The highest BCUT2D eigenvalue weighted by Crippen LogP contribution is 2.68. The summed E-state index contributed by atoms with van der Waals surface area (Å²) in [5, 5.41) is 22.4. The van der Waals surface area contributed by atoms with Gasteiger partial charge in [-0.2, -0.15) is 0 Å². The van der Waals surface area contributed by atoms with Crippen molar-refractivity contribution in [2.45, 2.75) is 117 Å². The van der Waals surface area contributed by atoms with Crippen molar-refractivity contribution in [1.82, 2.24) is 0 Å². The van der Waals surface area contributed by atoms with E-state index in [4.69, 9.17) is 0 Å². The fourth-order valence-electron chi connectivity index (χ4n) is 8.60. The van der Waals surface area contributed by atoms with Crippen molar-refractivity contribution in [2.75, 3.05) is 0 Å². The van der Waals surface area contributed by atoms with E-state index in [0.717, 1.165) is 49.9 Å². The van der Waals surface area contributed by atoms with Crippen molar-refractivity contribution in [3.8, 4) is 0 Å². The Kier molecular flexibility index (Phi) is 5.78. The summed E-state index contributed by atoms with van der Waals surface area (Å²) in [6.45, 7) is 12.1. The van der Waals surface area contributed by atoms with Crippen LogP contribution in [0.4, 0.5) is 0 Å². The molecule has 4 rings (SSSR count). The van der Waals surface area contributed by atoms with Crippen LogP contribution in [-0.4, -0.2) is 21.9 Å². The van der Waals surface area contributed by atoms with Crippen molar-refractivity contribution in [3.05, 3.63) is 11.6 Å². The first-order valence-electron chi connectivity index (χ1n) is 12.7. The van der Waals surface area contributed by atoms with Crippen molar-refractivity contribution >= 4 is 0 Å². The molecule has 0 amide bonds. The molecule has 0 heterocycles. The molecule has 0 aromatic heterocycles. The summed E-state index contributed by atoms with van der Waals surface area (Å²) in [7, 11) is 0. The number of rotatable bonds is 5. The zero-order valence-electron chi connectivity index (χ0n) is 19.7. The maximum Gasteiger partial charge on any atom is 0.0772 e. The smallest absolute Gasteiger partial charge is 0.0772 e. The minimum absolute atomic E-state index is 0.114. The van der Waals surface area contributed by atoms with E-state index in [1.54, 1.807) is 0 Å². The standard InChI is InChI=1S/C27H46O2/c1-18(2)7-6-8-19(3)22-11-12-23-24-10-9-20-17-21(28)13-14-26(20,5)27(24,29)16-15-25(22,23)4/h9,18-19,21-24,28-29H,6-8,10-17H2,1-5H3/t19-,21+,22-,23+,24+,25-,26-,27+/m1/s1. The molecule has 0 spiro atoms. The lowest BCUT2D eigenvalue weighted by Crippen LogP contribution is -2.63. The van der Waals surface area contributed by atoms with Crippen molar-refractivity contribution < 1.29 is 10.2 Å². The summed E-state index contributed by atoms with van der Waals surface area (Å²) in [6, 6.07) is 0. The van der Waals surface area contributed by atoms with E-state index in [2.05, 4.69) is 40.7 Å². The van der Waals surface area contributed by atoms with Gasteiger partial charge in [-0.05, 0) is 86.4 Å². The van der Waals surface area contributed by atoms with Crippen LogP contribution in [-0.2, 0) is 0 Å². The van der Waals surface area contributed by atoms with Crippen LogP contribution >= 0.6 is 0 Å². The van der Waals surface area contributed by atoms with E-state index >= 15 is 0 Å². The van der Waals surface area contributed by atoms with E-state index in [9.17, 15) is 10.2 Å². The number of hydrogen-bond donors (Lipinski definition) is 2. The van der Waals surface area contributed by atoms with Crippen LogP contribution in [0.5, 0.6) is 0 Å². The molecule has 29 heavy (non-hydrogen) atoms. The first-order chi connectivity index (χ1) is 13.6. The zero-order chi connectivity index (χ0) is 21.0. The van der Waals surface area contributed by atoms with Crippen molar-refractivity contribution in [2.24, 2.45) is 40.4 Å². The Balaban J connectivity index is 1.54. The molecule has 0 unspecified atom stereocenters. The van der Waals surface area contributed by atoms with Crippen LogP contribution in [0.25, 0.3) is 0 Å². The van der Waals surface area contributed by atoms with Crippen LogP contribution in [0.15, 0.2) is 11.6 Å². The van der Waals surface area contributed by atoms with Gasteiger partial charge >= 0.3 is 0 Å². The van der Waals surface area contributed by atoms with E-state index in [-0.39, 0.29) is 11.5 Å². The molecule has 3 fully saturated rings. The Morgan fingerprint density at radius 3 is 2.48 bits per heavy atom. The first kappa shape index (κ1) is 21.9. The predicted molar refractivity (Wildman–Crippen MR) is 121 cm³/mol. The fraction of sp³-hybridized carbons (Fsp3) is 0.926. The highest BCUT2D eigenvalue weighted by Gasteiger charge is 2.65. The van der Waals surface area contributed by atoms with Gasteiger partial charge in [-0.1, -0.05) is 65.5 Å². The van der Waals surface area contributed by atoms with Crippen LogP contribution in [0.2, 0.25) is 0 Å². The zero-order valence-corrected chi connectivity index (χ0v) is 19.7. The molecule has 0 aromatic carbocycles. The molecular weight excluding hydrogens is 356 g/mol. The monoisotopic (exact) mass is 402 g/mol. The maximum atomic E-state index is 12.2. The number of allylic oxidation sites excluding steroid dienone is 1. The third kappa shape index (κ3) is 3.36. The number of aliphatic hydroxyl groups is 2. The molecule has 8 atom stereocenters. The molecule has 0 saturated heterocycles. The maximum absolute atomic E-state index is 12.2. The van der Waals surface area contributed by atoms with E-state index in [1.165, 1.54) is 44.1 Å². The van der Waals surface area contributed by atoms with Gasteiger partial charge in [0, 0.05) is 5.41 Å². The van der Waals surface area contributed by atoms with E-state index < -0.39 is 5.60 Å². The number of fused-ring (bicyclic) bond motifs is 5. The lowest BCUT2D eigenvalue weighted by Gasteiger charge is -2.63. The largest absolute Gasteiger partial charge is 0.393 e. The Labute approximate surface area is 179 Å². The molecule has 0 bridgehead atoms. The van der Waals surface area contributed by atoms with Crippen molar-refractivity contribution in [1.29, 1.82) is 0 Å². The summed E-state index contributed by atoms with van der Waals surface area (Å²) in [5.74, 6) is 3.54. The molecule has 4 aliphatic carbocycles. The van der Waals surface area contributed by atoms with Gasteiger partial charge in [0.1, 0.15) is 0 Å². The number of hydrogen-bond acceptors (Lipinski definition) is 2. The fourth-order valence-corrected chi connectivity index (χ4v) is 8.60. The normalized spacial score (nSPS) is 47.9. The minimum atomic E-state index is -0.558. The molecule has 2 nitrogen and oxygen atoms in total. The SMILES string of the molecule is CC(C)CCC[C@@H](C)[C@H]1CC[C@H]2[C@@H]3CC=C4C[C@@H](O)CC[C@@]4(C)[C@]3(O)CC[C@]12C. The second-order valence-corrected chi connectivity index (χ2v) is 12.3. The highest BCUT2D eigenvalue weighted by atomic mass is 16.3. The number of aliphatic hydroxyl groups excluding tert-OH is 1. The Morgan fingerprint density at radius 1 is 1.00 bits per heavy atom. The van der Waals surface area contributed by atoms with Crippen LogP contribution in [0, 0.1) is 40.4 Å². The van der Waals surface area contributed by atoms with Gasteiger partial charge in [-0.3, -0.25) is 0 Å². The summed E-state index contributed by atoms with van der Waals surface area (Å²) in [6.07, 6.45) is 14.8. The average molecular weight is 403 g/mol. The highest BCUT2D eigenvalue weighted by molar-refractivity contribution is 5.30. The van der Waals surface area contributed by atoms with Crippen LogP contribution in [0.3, 0.4) is 0 Å². The summed E-state index contributed by atoms with van der Waals surface area (Å²) >= 11 is 0. The van der Waals surface area contributed by atoms with Crippen LogP contribution in [0.1, 0.15) is 105 Å². The van der Waals surface area contributed by atoms with Gasteiger partial charge < -0.3 is 10.2 Å². The first-order valence-corrected chi connectivity index (χ1v) is 12.7. The van der Waals surface area contributed by atoms with E-state index in [0.29, 0.717) is 17.3 Å². The predicted octanol–water partition coefficient (Wildman–Crippen LogP) is 6.50. The molecule has 0 radical (unpaired) electrons. The Bertz CT molecular complexity index is 638. The second kappa shape index (κ2) is 7.66. The Hall–Kier alpha value is -0.340. The molecule has 2 heteroatoms. The molecule has 0 aromatic rings. The van der Waals surface area contributed by atoms with Gasteiger partial charge in [0.25, 0.3) is 0 Å². The van der Waals surface area contributed by atoms with Gasteiger partial charge in [-0.25, -0.2) is 0 Å². The van der Waals surface area contributed by atoms with Crippen LogP contribution < -0.4 is 0 Å². The third-order valence-corrected chi connectivity index (χ3v) is 10.5. The lowest BCUT2D eigenvalue weighted by molar-refractivity contribution is -0.189. The van der Waals surface area contributed by atoms with Gasteiger partial charge in [0.15, 0.2) is 0 Å². The third-order valence-electron chi connectivity index (χ3n) is 10.5. The van der Waals surface area contributed by atoms with Crippen molar-refractivity contribution in [3.63, 3.8) is 0 Å². The average Bonchev–Trinajstić information content (AvgIpc) is 3.00.